The first-order valence-electron chi connectivity index (χ1n) is 5.12. The van der Waals surface area contributed by atoms with E-state index in [9.17, 15) is 13.2 Å². The summed E-state index contributed by atoms with van der Waals surface area (Å²) in [6.07, 6.45) is -3.40. The summed E-state index contributed by atoms with van der Waals surface area (Å²) in [5.74, 6) is 0.525. The maximum absolute atomic E-state index is 12.5. The van der Waals surface area contributed by atoms with E-state index in [4.69, 9.17) is 0 Å². The maximum atomic E-state index is 12.5. The van der Waals surface area contributed by atoms with Gasteiger partial charge in [-0.3, -0.25) is 0 Å². The number of alkyl halides is 3. The first-order valence-corrected chi connectivity index (χ1v) is 5.12. The Bertz CT molecular complexity index is 537. The van der Waals surface area contributed by atoms with E-state index in [1.165, 1.54) is 10.6 Å². The van der Waals surface area contributed by atoms with Gasteiger partial charge in [-0.15, -0.1) is 0 Å². The molecule has 2 heterocycles. The Kier molecular flexibility index (Phi) is 2.41. The number of fused-ring (bicyclic) bond motifs is 1. The van der Waals surface area contributed by atoms with Crippen LogP contribution in [0.25, 0.3) is 5.65 Å². The van der Waals surface area contributed by atoms with Crippen LogP contribution in [-0.2, 0) is 11.6 Å². The first-order chi connectivity index (χ1) is 7.68. The van der Waals surface area contributed by atoms with Crippen LogP contribution in [0.2, 0.25) is 0 Å². The zero-order valence-corrected chi connectivity index (χ0v) is 9.71. The molecule has 2 aromatic heterocycles. The van der Waals surface area contributed by atoms with Crippen molar-refractivity contribution < 1.29 is 13.2 Å². The minimum Gasteiger partial charge on any atom is -0.220 e. The molecule has 0 fully saturated rings. The molecule has 0 bridgehead atoms. The molecule has 0 saturated carbocycles. The van der Waals surface area contributed by atoms with Gasteiger partial charge in [0.25, 0.3) is 0 Å². The van der Waals surface area contributed by atoms with Gasteiger partial charge in [0, 0.05) is 11.6 Å². The number of rotatable bonds is 0. The number of hydrogen-bond donors (Lipinski definition) is 0. The van der Waals surface area contributed by atoms with Crippen molar-refractivity contribution in [2.45, 2.75) is 32.4 Å². The van der Waals surface area contributed by atoms with Crippen LogP contribution in [0, 0.1) is 0 Å². The molecule has 2 rings (SSSR count). The third kappa shape index (κ3) is 2.25. The largest absolute Gasteiger partial charge is 0.417 e. The number of halogens is 3. The molecule has 6 heteroatoms. The van der Waals surface area contributed by atoms with E-state index in [0.717, 1.165) is 12.3 Å². The molecule has 3 nitrogen and oxygen atoms in total. The van der Waals surface area contributed by atoms with Gasteiger partial charge in [-0.05, 0) is 12.1 Å². The highest BCUT2D eigenvalue weighted by Crippen LogP contribution is 2.29. The molecular formula is C11H12F3N3. The summed E-state index contributed by atoms with van der Waals surface area (Å²) in [5.41, 5.74) is -0.594. The summed E-state index contributed by atoms with van der Waals surface area (Å²) in [7, 11) is 0. The molecule has 0 atom stereocenters. The second-order valence-corrected chi connectivity index (χ2v) is 4.90. The number of pyridine rings is 1. The molecule has 0 unspecified atom stereocenters. The fraction of sp³-hybridized carbons (Fsp3) is 0.455. The van der Waals surface area contributed by atoms with E-state index in [1.807, 2.05) is 20.8 Å². The smallest absolute Gasteiger partial charge is 0.220 e. The van der Waals surface area contributed by atoms with Crippen molar-refractivity contribution in [3.05, 3.63) is 29.7 Å². The molecule has 0 aliphatic rings. The van der Waals surface area contributed by atoms with Gasteiger partial charge in [-0.2, -0.15) is 18.3 Å². The van der Waals surface area contributed by atoms with Gasteiger partial charge in [-0.1, -0.05) is 20.8 Å². The van der Waals surface area contributed by atoms with E-state index in [-0.39, 0.29) is 5.41 Å². The average Bonchev–Trinajstić information content (AvgIpc) is 2.57. The highest BCUT2D eigenvalue weighted by molar-refractivity contribution is 5.40. The van der Waals surface area contributed by atoms with Crippen molar-refractivity contribution in [2.24, 2.45) is 0 Å². The van der Waals surface area contributed by atoms with Crippen molar-refractivity contribution in [2.75, 3.05) is 0 Å². The normalized spacial score (nSPS) is 13.3. The number of aromatic nitrogens is 3. The topological polar surface area (TPSA) is 30.2 Å². The lowest BCUT2D eigenvalue weighted by atomic mass is 9.96. The molecule has 0 aliphatic heterocycles. The van der Waals surface area contributed by atoms with Gasteiger partial charge in [0.1, 0.15) is 0 Å². The van der Waals surface area contributed by atoms with E-state index in [2.05, 4.69) is 10.1 Å². The molecule has 0 spiro atoms. The van der Waals surface area contributed by atoms with Gasteiger partial charge in [0.05, 0.1) is 5.56 Å². The Balaban J connectivity index is 2.56. The molecule has 92 valence electrons. The predicted octanol–water partition coefficient (Wildman–Crippen LogP) is 3.05. The van der Waals surface area contributed by atoms with E-state index >= 15 is 0 Å². The summed E-state index contributed by atoms with van der Waals surface area (Å²) >= 11 is 0. The van der Waals surface area contributed by atoms with Gasteiger partial charge >= 0.3 is 6.18 Å². The Hall–Kier alpha value is -1.59. The molecule has 17 heavy (non-hydrogen) atoms. The Morgan fingerprint density at radius 2 is 1.76 bits per heavy atom. The molecule has 0 saturated heterocycles. The minimum atomic E-state index is -4.36. The third-order valence-electron chi connectivity index (χ3n) is 2.33. The van der Waals surface area contributed by atoms with Crippen LogP contribution in [-0.4, -0.2) is 14.6 Å². The van der Waals surface area contributed by atoms with Crippen molar-refractivity contribution in [3.8, 4) is 0 Å². The summed E-state index contributed by atoms with van der Waals surface area (Å²) < 4.78 is 38.7. The fourth-order valence-corrected chi connectivity index (χ4v) is 1.37. The van der Waals surface area contributed by atoms with Crippen molar-refractivity contribution >= 4 is 5.65 Å². The SMILES string of the molecule is CC(C)(C)c1nc2ccc(C(F)(F)F)cn2n1. The summed E-state index contributed by atoms with van der Waals surface area (Å²) in [5, 5.41) is 4.06. The van der Waals surface area contributed by atoms with Gasteiger partial charge in [0.2, 0.25) is 0 Å². The molecule has 0 aliphatic carbocycles. The van der Waals surface area contributed by atoms with Crippen LogP contribution < -0.4 is 0 Å². The fourth-order valence-electron chi connectivity index (χ4n) is 1.37. The maximum Gasteiger partial charge on any atom is 0.417 e. The van der Waals surface area contributed by atoms with E-state index in [1.54, 1.807) is 0 Å². The van der Waals surface area contributed by atoms with Gasteiger partial charge < -0.3 is 0 Å². The van der Waals surface area contributed by atoms with Gasteiger partial charge in [0.15, 0.2) is 11.5 Å². The highest BCUT2D eigenvalue weighted by Gasteiger charge is 2.31. The monoisotopic (exact) mass is 243 g/mol. The lowest BCUT2D eigenvalue weighted by Gasteiger charge is -2.11. The molecular weight excluding hydrogens is 231 g/mol. The zero-order chi connectivity index (χ0) is 12.8. The van der Waals surface area contributed by atoms with Crippen molar-refractivity contribution in [1.82, 2.24) is 14.6 Å². The Labute approximate surface area is 96.3 Å². The zero-order valence-electron chi connectivity index (χ0n) is 9.71. The van der Waals surface area contributed by atoms with Crippen LogP contribution in [0.3, 0.4) is 0 Å². The average molecular weight is 243 g/mol. The lowest BCUT2D eigenvalue weighted by Crippen LogP contribution is -2.13. The Morgan fingerprint density at radius 3 is 2.29 bits per heavy atom. The summed E-state index contributed by atoms with van der Waals surface area (Å²) in [4.78, 5) is 4.19. The van der Waals surface area contributed by atoms with E-state index in [0.29, 0.717) is 11.5 Å². The van der Waals surface area contributed by atoms with Crippen molar-refractivity contribution in [1.29, 1.82) is 0 Å². The molecule has 0 aromatic carbocycles. The van der Waals surface area contributed by atoms with Crippen LogP contribution in [0.4, 0.5) is 13.2 Å². The predicted molar refractivity (Wildman–Crippen MR) is 56.7 cm³/mol. The highest BCUT2D eigenvalue weighted by atomic mass is 19.4. The van der Waals surface area contributed by atoms with Crippen LogP contribution >= 0.6 is 0 Å². The standard InChI is InChI=1S/C11H12F3N3/c1-10(2,3)9-15-8-5-4-7(11(12,13)14)6-17(8)16-9/h4-6H,1-3H3. The Morgan fingerprint density at radius 1 is 1.12 bits per heavy atom. The minimum absolute atomic E-state index is 0.287. The summed E-state index contributed by atoms with van der Waals surface area (Å²) in [6.45, 7) is 5.73. The van der Waals surface area contributed by atoms with Crippen molar-refractivity contribution in [3.63, 3.8) is 0 Å². The first kappa shape index (κ1) is 11.9. The van der Waals surface area contributed by atoms with Crippen LogP contribution in [0.15, 0.2) is 18.3 Å². The molecule has 0 N–H and O–H groups in total. The van der Waals surface area contributed by atoms with Crippen LogP contribution in [0.5, 0.6) is 0 Å². The number of hydrogen-bond acceptors (Lipinski definition) is 2. The quantitative estimate of drug-likeness (QED) is 0.711. The van der Waals surface area contributed by atoms with Gasteiger partial charge in [-0.25, -0.2) is 9.50 Å². The number of nitrogens with zero attached hydrogens (tertiary/aromatic N) is 3. The lowest BCUT2D eigenvalue weighted by molar-refractivity contribution is -0.137. The second-order valence-electron chi connectivity index (χ2n) is 4.90. The molecule has 0 amide bonds. The van der Waals surface area contributed by atoms with Crippen LogP contribution in [0.1, 0.15) is 32.2 Å². The summed E-state index contributed by atoms with van der Waals surface area (Å²) in [6, 6.07) is 2.33. The molecule has 2 aromatic rings. The molecule has 0 radical (unpaired) electrons. The van der Waals surface area contributed by atoms with E-state index < -0.39 is 11.7 Å². The second kappa shape index (κ2) is 3.45. The third-order valence-corrected chi connectivity index (χ3v) is 2.33.